The molecule has 0 bridgehead atoms. The molecule has 0 unspecified atom stereocenters. The number of aromatic nitrogens is 3. The predicted octanol–water partition coefficient (Wildman–Crippen LogP) is 4.30. The van der Waals surface area contributed by atoms with Crippen LogP contribution < -0.4 is 5.73 Å². The van der Waals surface area contributed by atoms with Crippen molar-refractivity contribution in [3.63, 3.8) is 0 Å². The van der Waals surface area contributed by atoms with Gasteiger partial charge in [0.2, 0.25) is 0 Å². The maximum atomic E-state index is 6.15. The molecule has 4 aromatic rings. The minimum atomic E-state index is 0.544. The molecule has 0 saturated carbocycles. The summed E-state index contributed by atoms with van der Waals surface area (Å²) in [6, 6.07) is 21.2. The highest BCUT2D eigenvalue weighted by Gasteiger charge is 2.10. The van der Waals surface area contributed by atoms with Gasteiger partial charge in [-0.15, -0.1) is 0 Å². The van der Waals surface area contributed by atoms with Crippen molar-refractivity contribution in [1.82, 2.24) is 14.6 Å². The zero-order valence-electron chi connectivity index (χ0n) is 12.1. The lowest BCUT2D eigenvalue weighted by Gasteiger charge is -2.04. The van der Waals surface area contributed by atoms with Crippen LogP contribution in [0, 0.1) is 0 Å². The number of benzene rings is 2. The van der Waals surface area contributed by atoms with Gasteiger partial charge < -0.3 is 5.73 Å². The molecule has 0 atom stereocenters. The lowest BCUT2D eigenvalue weighted by atomic mass is 10.1. The molecule has 4 rings (SSSR count). The summed E-state index contributed by atoms with van der Waals surface area (Å²) in [5.74, 6) is 0.544. The Balaban J connectivity index is 1.86. The number of anilines is 1. The number of nitrogens with two attached hydrogens (primary N) is 1. The summed E-state index contributed by atoms with van der Waals surface area (Å²) in [6.07, 6.45) is 0. The van der Waals surface area contributed by atoms with E-state index >= 15 is 0 Å². The lowest BCUT2D eigenvalue weighted by Crippen LogP contribution is -2.01. The highest BCUT2D eigenvalue weighted by atomic mass is 35.5. The molecule has 23 heavy (non-hydrogen) atoms. The summed E-state index contributed by atoms with van der Waals surface area (Å²) in [7, 11) is 0. The molecule has 4 nitrogen and oxygen atoms in total. The smallest absolute Gasteiger partial charge is 0.158 e. The molecule has 0 radical (unpaired) electrons. The maximum absolute atomic E-state index is 6.15. The summed E-state index contributed by atoms with van der Waals surface area (Å²) in [4.78, 5) is 4.66. The third-order valence-corrected chi connectivity index (χ3v) is 3.92. The van der Waals surface area contributed by atoms with Crippen molar-refractivity contribution >= 4 is 23.1 Å². The standard InChI is InChI=1S/C18H13ClN4/c19-14-8-6-13(7-9-14)15-10-17(20)23-18(21-15)11-16(22-23)12-4-2-1-3-5-12/h1-11H,20H2. The Bertz CT molecular complexity index is 975. The number of hydrogen-bond donors (Lipinski definition) is 1. The van der Waals surface area contributed by atoms with Gasteiger partial charge in [-0.05, 0) is 12.1 Å². The van der Waals surface area contributed by atoms with E-state index in [1.165, 1.54) is 0 Å². The first-order chi connectivity index (χ1) is 11.2. The molecular formula is C18H13ClN4. The van der Waals surface area contributed by atoms with Gasteiger partial charge in [0.15, 0.2) is 5.65 Å². The molecule has 0 aliphatic rings. The fourth-order valence-electron chi connectivity index (χ4n) is 2.52. The molecule has 0 saturated heterocycles. The third-order valence-electron chi connectivity index (χ3n) is 3.66. The van der Waals surface area contributed by atoms with Gasteiger partial charge in [-0.2, -0.15) is 9.61 Å². The van der Waals surface area contributed by atoms with E-state index in [4.69, 9.17) is 17.3 Å². The van der Waals surface area contributed by atoms with Gasteiger partial charge in [-0.25, -0.2) is 4.98 Å². The van der Waals surface area contributed by atoms with Gasteiger partial charge in [-0.1, -0.05) is 54.1 Å². The van der Waals surface area contributed by atoms with Crippen molar-refractivity contribution in [2.75, 3.05) is 5.73 Å². The molecule has 0 aliphatic heterocycles. The Morgan fingerprint density at radius 3 is 2.26 bits per heavy atom. The second kappa shape index (κ2) is 5.41. The lowest BCUT2D eigenvalue weighted by molar-refractivity contribution is 0.957. The molecule has 112 valence electrons. The van der Waals surface area contributed by atoms with Crippen LogP contribution in [0.4, 0.5) is 5.82 Å². The van der Waals surface area contributed by atoms with Gasteiger partial charge in [0, 0.05) is 28.3 Å². The van der Waals surface area contributed by atoms with Crippen LogP contribution in [0.1, 0.15) is 0 Å². The van der Waals surface area contributed by atoms with Crippen molar-refractivity contribution < 1.29 is 0 Å². The Hall–Kier alpha value is -2.85. The second-order valence-electron chi connectivity index (χ2n) is 5.24. The van der Waals surface area contributed by atoms with E-state index in [0.717, 1.165) is 22.5 Å². The average molecular weight is 321 g/mol. The first-order valence-corrected chi connectivity index (χ1v) is 7.56. The molecular weight excluding hydrogens is 308 g/mol. The number of nitrogens with zero attached hydrogens (tertiary/aromatic N) is 3. The SMILES string of the molecule is Nc1cc(-c2ccc(Cl)cc2)nc2cc(-c3ccccc3)nn12. The summed E-state index contributed by atoms with van der Waals surface area (Å²) in [6.45, 7) is 0. The molecule has 2 aromatic carbocycles. The topological polar surface area (TPSA) is 56.2 Å². The van der Waals surface area contributed by atoms with E-state index in [-0.39, 0.29) is 0 Å². The van der Waals surface area contributed by atoms with Gasteiger partial charge in [-0.3, -0.25) is 0 Å². The summed E-state index contributed by atoms with van der Waals surface area (Å²) in [5.41, 5.74) is 10.5. The molecule has 0 fully saturated rings. The van der Waals surface area contributed by atoms with Crippen molar-refractivity contribution in [2.45, 2.75) is 0 Å². The zero-order valence-corrected chi connectivity index (χ0v) is 12.9. The normalized spacial score (nSPS) is 11.0. The van der Waals surface area contributed by atoms with Crippen molar-refractivity contribution in [3.05, 3.63) is 71.8 Å². The molecule has 5 heteroatoms. The fourth-order valence-corrected chi connectivity index (χ4v) is 2.64. The van der Waals surface area contributed by atoms with E-state index in [0.29, 0.717) is 16.5 Å². The van der Waals surface area contributed by atoms with E-state index < -0.39 is 0 Å². The van der Waals surface area contributed by atoms with Crippen LogP contribution in [-0.4, -0.2) is 14.6 Å². The number of nitrogen functional groups attached to an aromatic ring is 1. The van der Waals surface area contributed by atoms with Gasteiger partial charge in [0.25, 0.3) is 0 Å². The van der Waals surface area contributed by atoms with Crippen LogP contribution >= 0.6 is 11.6 Å². The fraction of sp³-hybridized carbons (Fsp3) is 0. The van der Waals surface area contributed by atoms with E-state index in [2.05, 4.69) is 10.1 Å². The Morgan fingerprint density at radius 2 is 1.52 bits per heavy atom. The van der Waals surface area contributed by atoms with Crippen molar-refractivity contribution in [3.8, 4) is 22.5 Å². The quantitative estimate of drug-likeness (QED) is 0.599. The third kappa shape index (κ3) is 2.53. The van der Waals surface area contributed by atoms with E-state index in [1.54, 1.807) is 4.52 Å². The molecule has 2 aromatic heterocycles. The maximum Gasteiger partial charge on any atom is 0.158 e. The first-order valence-electron chi connectivity index (χ1n) is 7.18. The first kappa shape index (κ1) is 13.8. The molecule has 2 heterocycles. The zero-order chi connectivity index (χ0) is 15.8. The van der Waals surface area contributed by atoms with E-state index in [9.17, 15) is 0 Å². The summed E-state index contributed by atoms with van der Waals surface area (Å²) < 4.78 is 1.65. The van der Waals surface area contributed by atoms with E-state index in [1.807, 2.05) is 66.7 Å². The Morgan fingerprint density at radius 1 is 0.826 bits per heavy atom. The van der Waals surface area contributed by atoms with Gasteiger partial charge >= 0.3 is 0 Å². The molecule has 0 aliphatic carbocycles. The van der Waals surface area contributed by atoms with Crippen LogP contribution in [0.25, 0.3) is 28.2 Å². The molecule has 0 amide bonds. The van der Waals surface area contributed by atoms with Crippen LogP contribution in [-0.2, 0) is 0 Å². The van der Waals surface area contributed by atoms with Crippen molar-refractivity contribution in [1.29, 1.82) is 0 Å². The second-order valence-corrected chi connectivity index (χ2v) is 5.68. The number of fused-ring (bicyclic) bond motifs is 1. The Labute approximate surface area is 138 Å². The molecule has 0 spiro atoms. The van der Waals surface area contributed by atoms with Crippen LogP contribution in [0.3, 0.4) is 0 Å². The number of hydrogen-bond acceptors (Lipinski definition) is 3. The number of rotatable bonds is 2. The van der Waals surface area contributed by atoms with Crippen LogP contribution in [0.2, 0.25) is 5.02 Å². The molecule has 2 N–H and O–H groups in total. The average Bonchev–Trinajstić information content (AvgIpc) is 3.01. The van der Waals surface area contributed by atoms with Crippen LogP contribution in [0.5, 0.6) is 0 Å². The van der Waals surface area contributed by atoms with Crippen molar-refractivity contribution in [2.24, 2.45) is 0 Å². The number of halogens is 1. The highest BCUT2D eigenvalue weighted by molar-refractivity contribution is 6.30. The predicted molar refractivity (Wildman–Crippen MR) is 93.3 cm³/mol. The minimum absolute atomic E-state index is 0.544. The Kier molecular flexibility index (Phi) is 3.24. The summed E-state index contributed by atoms with van der Waals surface area (Å²) >= 11 is 5.94. The van der Waals surface area contributed by atoms with Crippen LogP contribution in [0.15, 0.2) is 66.7 Å². The largest absolute Gasteiger partial charge is 0.384 e. The van der Waals surface area contributed by atoms with Gasteiger partial charge in [0.05, 0.1) is 11.4 Å². The van der Waals surface area contributed by atoms with Gasteiger partial charge in [0.1, 0.15) is 5.82 Å². The minimum Gasteiger partial charge on any atom is -0.384 e. The monoisotopic (exact) mass is 320 g/mol. The highest BCUT2D eigenvalue weighted by Crippen LogP contribution is 2.25. The summed E-state index contributed by atoms with van der Waals surface area (Å²) in [5, 5.41) is 5.23.